The summed E-state index contributed by atoms with van der Waals surface area (Å²) in [5.74, 6) is 0. The number of anilines is 1. The van der Waals surface area contributed by atoms with Gasteiger partial charge in [0.1, 0.15) is 5.01 Å². The van der Waals surface area contributed by atoms with Crippen molar-refractivity contribution in [2.24, 2.45) is 0 Å². The van der Waals surface area contributed by atoms with Gasteiger partial charge in [0.05, 0.1) is 12.6 Å². The second kappa shape index (κ2) is 6.52. The van der Waals surface area contributed by atoms with E-state index >= 15 is 0 Å². The van der Waals surface area contributed by atoms with Gasteiger partial charge < -0.3 is 10.1 Å². The number of hydrogen-bond acceptors (Lipinski definition) is 5. The minimum absolute atomic E-state index is 0.361. The van der Waals surface area contributed by atoms with E-state index < -0.39 is 0 Å². The quantitative estimate of drug-likeness (QED) is 0.940. The summed E-state index contributed by atoms with van der Waals surface area (Å²) < 4.78 is 5.45. The SMILES string of the molecule is Clc1ccc(Cc2nnc(NC3CCCOC3)s2)cc1. The van der Waals surface area contributed by atoms with Gasteiger partial charge in [-0.15, -0.1) is 10.2 Å². The van der Waals surface area contributed by atoms with E-state index in [1.54, 1.807) is 11.3 Å². The van der Waals surface area contributed by atoms with E-state index in [0.717, 1.165) is 47.6 Å². The molecule has 2 heterocycles. The topological polar surface area (TPSA) is 47.0 Å². The summed E-state index contributed by atoms with van der Waals surface area (Å²) in [6.07, 6.45) is 3.03. The second-order valence-corrected chi connectivity index (χ2v) is 6.36. The molecule has 6 heteroatoms. The van der Waals surface area contributed by atoms with Crippen LogP contribution in [0.15, 0.2) is 24.3 Å². The van der Waals surface area contributed by atoms with E-state index in [0.29, 0.717) is 6.04 Å². The Hall–Kier alpha value is -1.17. The number of ether oxygens (including phenoxy) is 1. The summed E-state index contributed by atoms with van der Waals surface area (Å²) in [5.41, 5.74) is 1.19. The van der Waals surface area contributed by atoms with E-state index in [1.165, 1.54) is 5.56 Å². The summed E-state index contributed by atoms with van der Waals surface area (Å²) in [6.45, 7) is 1.63. The lowest BCUT2D eigenvalue weighted by Crippen LogP contribution is -2.29. The van der Waals surface area contributed by atoms with Crippen LogP contribution in [-0.2, 0) is 11.2 Å². The Labute approximate surface area is 127 Å². The molecule has 0 spiro atoms. The van der Waals surface area contributed by atoms with Crippen LogP contribution < -0.4 is 5.32 Å². The Morgan fingerprint density at radius 1 is 1.30 bits per heavy atom. The average Bonchev–Trinajstić information content (AvgIpc) is 2.90. The molecule has 1 atom stereocenters. The van der Waals surface area contributed by atoms with Crippen LogP contribution in [-0.4, -0.2) is 29.5 Å². The third kappa shape index (κ3) is 3.69. The Morgan fingerprint density at radius 2 is 2.15 bits per heavy atom. The first-order chi connectivity index (χ1) is 9.79. The Morgan fingerprint density at radius 3 is 2.90 bits per heavy atom. The van der Waals surface area contributed by atoms with Crippen molar-refractivity contribution < 1.29 is 4.74 Å². The highest BCUT2D eigenvalue weighted by Gasteiger charge is 2.15. The molecule has 0 amide bonds. The number of aromatic nitrogens is 2. The summed E-state index contributed by atoms with van der Waals surface area (Å²) in [6, 6.07) is 8.20. The zero-order valence-corrected chi connectivity index (χ0v) is 12.6. The second-order valence-electron chi connectivity index (χ2n) is 4.86. The van der Waals surface area contributed by atoms with Gasteiger partial charge in [-0.1, -0.05) is 35.1 Å². The van der Waals surface area contributed by atoms with Crippen LogP contribution in [0.5, 0.6) is 0 Å². The van der Waals surface area contributed by atoms with Gasteiger partial charge in [0.15, 0.2) is 0 Å². The van der Waals surface area contributed by atoms with Crippen LogP contribution in [0.3, 0.4) is 0 Å². The predicted octanol–water partition coefficient (Wildman–Crippen LogP) is 3.37. The van der Waals surface area contributed by atoms with Crippen molar-refractivity contribution in [1.82, 2.24) is 10.2 Å². The van der Waals surface area contributed by atoms with Crippen molar-refractivity contribution in [2.45, 2.75) is 25.3 Å². The lowest BCUT2D eigenvalue weighted by molar-refractivity contribution is 0.0876. The maximum Gasteiger partial charge on any atom is 0.205 e. The van der Waals surface area contributed by atoms with Crippen molar-refractivity contribution in [1.29, 1.82) is 0 Å². The Kier molecular flexibility index (Phi) is 4.50. The molecule has 0 radical (unpaired) electrons. The normalized spacial score (nSPS) is 18.9. The Balaban J connectivity index is 1.60. The van der Waals surface area contributed by atoms with Gasteiger partial charge >= 0.3 is 0 Å². The molecule has 1 aromatic heterocycles. The van der Waals surface area contributed by atoms with Crippen LogP contribution in [0.1, 0.15) is 23.4 Å². The van der Waals surface area contributed by atoms with E-state index in [1.807, 2.05) is 24.3 Å². The third-order valence-corrected chi connectivity index (χ3v) is 4.33. The van der Waals surface area contributed by atoms with Gasteiger partial charge in [0, 0.05) is 18.1 Å². The maximum absolute atomic E-state index is 5.88. The van der Waals surface area contributed by atoms with E-state index in [2.05, 4.69) is 15.5 Å². The number of benzene rings is 1. The zero-order chi connectivity index (χ0) is 13.8. The molecule has 0 aliphatic carbocycles. The highest BCUT2D eigenvalue weighted by molar-refractivity contribution is 7.15. The van der Waals surface area contributed by atoms with E-state index in [-0.39, 0.29) is 0 Å². The summed E-state index contributed by atoms with van der Waals surface area (Å²) >= 11 is 7.48. The fourth-order valence-electron chi connectivity index (χ4n) is 2.19. The van der Waals surface area contributed by atoms with Crippen molar-refractivity contribution in [3.8, 4) is 0 Å². The van der Waals surface area contributed by atoms with Crippen molar-refractivity contribution in [2.75, 3.05) is 18.5 Å². The molecule has 1 aromatic carbocycles. The van der Waals surface area contributed by atoms with Crippen molar-refractivity contribution in [3.63, 3.8) is 0 Å². The van der Waals surface area contributed by atoms with Gasteiger partial charge in [-0.2, -0.15) is 0 Å². The number of nitrogens with one attached hydrogen (secondary N) is 1. The monoisotopic (exact) mass is 309 g/mol. The molecule has 0 bridgehead atoms. The van der Waals surface area contributed by atoms with Crippen LogP contribution >= 0.6 is 22.9 Å². The standard InChI is InChI=1S/C14H16ClN3OS/c15-11-5-3-10(4-6-11)8-13-17-18-14(20-13)16-12-2-1-7-19-9-12/h3-6,12H,1-2,7-9H2,(H,16,18). The third-order valence-electron chi connectivity index (χ3n) is 3.22. The van der Waals surface area contributed by atoms with Gasteiger partial charge in [0.2, 0.25) is 5.13 Å². The minimum atomic E-state index is 0.361. The van der Waals surface area contributed by atoms with E-state index in [9.17, 15) is 0 Å². The highest BCUT2D eigenvalue weighted by atomic mass is 35.5. The smallest absolute Gasteiger partial charge is 0.205 e. The molecule has 106 valence electrons. The first kappa shape index (κ1) is 13.8. The first-order valence-electron chi connectivity index (χ1n) is 6.71. The molecule has 1 N–H and O–H groups in total. The molecule has 20 heavy (non-hydrogen) atoms. The fourth-order valence-corrected chi connectivity index (χ4v) is 3.17. The lowest BCUT2D eigenvalue weighted by atomic mass is 10.1. The number of hydrogen-bond donors (Lipinski definition) is 1. The largest absolute Gasteiger partial charge is 0.379 e. The van der Waals surface area contributed by atoms with Gasteiger partial charge in [0.25, 0.3) is 0 Å². The van der Waals surface area contributed by atoms with Crippen molar-refractivity contribution in [3.05, 3.63) is 39.9 Å². The fraction of sp³-hybridized carbons (Fsp3) is 0.429. The highest BCUT2D eigenvalue weighted by Crippen LogP contribution is 2.21. The molecule has 1 unspecified atom stereocenters. The number of halogens is 1. The van der Waals surface area contributed by atoms with Gasteiger partial charge in [-0.3, -0.25) is 0 Å². The maximum atomic E-state index is 5.88. The predicted molar refractivity (Wildman–Crippen MR) is 81.6 cm³/mol. The molecular weight excluding hydrogens is 294 g/mol. The van der Waals surface area contributed by atoms with Crippen LogP contribution in [0.4, 0.5) is 5.13 Å². The molecule has 1 saturated heterocycles. The molecule has 1 aliphatic rings. The summed E-state index contributed by atoms with van der Waals surface area (Å²) in [5, 5.41) is 14.5. The molecule has 3 rings (SSSR count). The number of rotatable bonds is 4. The number of nitrogens with zero attached hydrogens (tertiary/aromatic N) is 2. The van der Waals surface area contributed by atoms with Crippen LogP contribution in [0.2, 0.25) is 5.02 Å². The van der Waals surface area contributed by atoms with E-state index in [4.69, 9.17) is 16.3 Å². The molecule has 4 nitrogen and oxygen atoms in total. The van der Waals surface area contributed by atoms with Crippen molar-refractivity contribution >= 4 is 28.1 Å². The molecule has 0 saturated carbocycles. The van der Waals surface area contributed by atoms with Crippen LogP contribution in [0.25, 0.3) is 0 Å². The van der Waals surface area contributed by atoms with Gasteiger partial charge in [-0.25, -0.2) is 0 Å². The summed E-state index contributed by atoms with van der Waals surface area (Å²) in [4.78, 5) is 0. The summed E-state index contributed by atoms with van der Waals surface area (Å²) in [7, 11) is 0. The lowest BCUT2D eigenvalue weighted by Gasteiger charge is -2.22. The molecule has 1 aliphatic heterocycles. The average molecular weight is 310 g/mol. The molecule has 1 fully saturated rings. The Bertz CT molecular complexity index is 552. The first-order valence-corrected chi connectivity index (χ1v) is 7.90. The minimum Gasteiger partial charge on any atom is -0.379 e. The van der Waals surface area contributed by atoms with Crippen LogP contribution in [0, 0.1) is 0 Å². The molecular formula is C14H16ClN3OS. The molecule has 2 aromatic rings. The van der Waals surface area contributed by atoms with Gasteiger partial charge in [-0.05, 0) is 30.5 Å². The zero-order valence-electron chi connectivity index (χ0n) is 11.0.